The molecule has 0 aliphatic carbocycles. The number of ether oxygens (including phenoxy) is 2. The Morgan fingerprint density at radius 2 is 1.82 bits per heavy atom. The summed E-state index contributed by atoms with van der Waals surface area (Å²) in [5.41, 5.74) is -1.50. The molecule has 7 atom stereocenters. The largest absolute Gasteiger partial charge is 0.494 e. The molecule has 3 saturated heterocycles. The van der Waals surface area contributed by atoms with Crippen molar-refractivity contribution in [2.45, 2.75) is 84.1 Å². The summed E-state index contributed by atoms with van der Waals surface area (Å²) in [6.45, 7) is 20.9. The van der Waals surface area contributed by atoms with Crippen molar-refractivity contribution < 1.29 is 29.0 Å². The van der Waals surface area contributed by atoms with E-state index in [0.29, 0.717) is 37.6 Å². The zero-order valence-corrected chi connectivity index (χ0v) is 27.3. The average Bonchev–Trinajstić information content (AvgIpc) is 3.51. The number of aliphatic hydroxyl groups is 1. The molecule has 1 aromatic carbocycles. The van der Waals surface area contributed by atoms with Crippen molar-refractivity contribution in [1.82, 2.24) is 9.80 Å². The highest BCUT2D eigenvalue weighted by molar-refractivity contribution is 6.03. The molecule has 9 nitrogen and oxygen atoms in total. The van der Waals surface area contributed by atoms with Gasteiger partial charge in [-0.1, -0.05) is 46.3 Å². The first-order chi connectivity index (χ1) is 21.0. The van der Waals surface area contributed by atoms with E-state index in [4.69, 9.17) is 9.47 Å². The van der Waals surface area contributed by atoms with E-state index in [2.05, 4.69) is 20.1 Å². The minimum Gasteiger partial charge on any atom is -0.494 e. The number of hydrogen-bond donors (Lipinski definition) is 1. The van der Waals surface area contributed by atoms with E-state index in [9.17, 15) is 19.5 Å². The minimum absolute atomic E-state index is 0.100. The van der Waals surface area contributed by atoms with Gasteiger partial charge in [0.05, 0.1) is 36.7 Å². The first-order valence-electron chi connectivity index (χ1n) is 16.1. The Balaban J connectivity index is 1.84. The van der Waals surface area contributed by atoms with E-state index in [1.807, 2.05) is 58.9 Å². The zero-order chi connectivity index (χ0) is 32.4. The van der Waals surface area contributed by atoms with Crippen LogP contribution in [0.3, 0.4) is 0 Å². The Hall–Kier alpha value is -3.17. The summed E-state index contributed by atoms with van der Waals surface area (Å²) in [7, 11) is 0. The Bertz CT molecular complexity index is 1230. The van der Waals surface area contributed by atoms with E-state index >= 15 is 0 Å². The van der Waals surface area contributed by atoms with Crippen molar-refractivity contribution in [2.24, 2.45) is 23.7 Å². The Kier molecular flexibility index (Phi) is 10.3. The van der Waals surface area contributed by atoms with Crippen molar-refractivity contribution >= 4 is 23.4 Å². The highest BCUT2D eigenvalue weighted by Gasteiger charge is 2.80. The number of aliphatic hydroxyl groups excluding tert-OH is 1. The molecule has 3 unspecified atom stereocenters. The van der Waals surface area contributed by atoms with Crippen molar-refractivity contribution in [2.75, 3.05) is 37.7 Å². The van der Waals surface area contributed by atoms with Crippen molar-refractivity contribution in [3.05, 3.63) is 49.6 Å². The first-order valence-corrected chi connectivity index (χ1v) is 16.1. The van der Waals surface area contributed by atoms with Crippen LogP contribution >= 0.6 is 0 Å². The third-order valence-electron chi connectivity index (χ3n) is 10.0. The zero-order valence-electron chi connectivity index (χ0n) is 27.3. The van der Waals surface area contributed by atoms with Gasteiger partial charge in [0, 0.05) is 25.3 Å². The highest BCUT2D eigenvalue weighted by atomic mass is 16.5. The highest BCUT2D eigenvalue weighted by Crippen LogP contribution is 2.66. The van der Waals surface area contributed by atoms with Gasteiger partial charge in [0.15, 0.2) is 0 Å². The van der Waals surface area contributed by atoms with Crippen LogP contribution in [0, 0.1) is 23.7 Å². The normalized spacial score (nSPS) is 29.5. The van der Waals surface area contributed by atoms with Crippen molar-refractivity contribution in [1.29, 1.82) is 0 Å². The topological polar surface area (TPSA) is 99.6 Å². The summed E-state index contributed by atoms with van der Waals surface area (Å²) in [4.78, 5) is 49.0. The Labute approximate surface area is 262 Å². The van der Waals surface area contributed by atoms with Gasteiger partial charge in [-0.15, -0.1) is 13.2 Å². The van der Waals surface area contributed by atoms with Crippen LogP contribution in [0.25, 0.3) is 0 Å². The lowest BCUT2D eigenvalue weighted by Gasteiger charge is -2.40. The van der Waals surface area contributed by atoms with E-state index in [-0.39, 0.29) is 42.7 Å². The maximum atomic E-state index is 14.7. The third kappa shape index (κ3) is 5.47. The van der Waals surface area contributed by atoms with Crippen LogP contribution in [0.15, 0.2) is 49.6 Å². The number of fused-ring (bicyclic) bond motifs is 1. The molecule has 3 aliphatic rings. The monoisotopic (exact) mass is 609 g/mol. The maximum Gasteiger partial charge on any atom is 0.248 e. The number of hydrogen-bond acceptors (Lipinski definition) is 6. The molecule has 0 radical (unpaired) electrons. The second-order valence-corrected chi connectivity index (χ2v) is 13.0. The van der Waals surface area contributed by atoms with E-state index < -0.39 is 35.1 Å². The maximum absolute atomic E-state index is 14.7. The lowest BCUT2D eigenvalue weighted by atomic mass is 9.62. The number of carbonyl (C=O) groups is 3. The second kappa shape index (κ2) is 13.4. The standard InChI is InChI=1S/C35H51N3O6/c1-9-13-20-36(18-10-2)33(42)30-35-21-24(7)34(8,44-35)28(29(35)32(41)38(30)27(22-39)23(5)6)31(40)37(19-11-3)25-14-16-26(17-15-25)43-12-4/h10-11,14-17,23-24,27-30,39H,2-3,9,12-13,18-22H2,1,4-8H3/t24?,27-,28+,29-,30?,34-,35?/m0/s1. The van der Waals surface area contributed by atoms with Crippen LogP contribution in [0.4, 0.5) is 5.69 Å². The lowest BCUT2D eigenvalue weighted by Crippen LogP contribution is -2.60. The molecule has 1 aromatic rings. The predicted molar refractivity (Wildman–Crippen MR) is 171 cm³/mol. The molecule has 0 saturated carbocycles. The summed E-state index contributed by atoms with van der Waals surface area (Å²) >= 11 is 0. The molecule has 4 rings (SSSR count). The number of likely N-dealkylation sites (tertiary alicyclic amines) is 1. The molecular weight excluding hydrogens is 558 g/mol. The van der Waals surface area contributed by atoms with Crippen LogP contribution in [0.1, 0.15) is 60.8 Å². The molecule has 0 aromatic heterocycles. The van der Waals surface area contributed by atoms with Crippen LogP contribution in [0.5, 0.6) is 5.75 Å². The van der Waals surface area contributed by atoms with Gasteiger partial charge < -0.3 is 29.3 Å². The number of rotatable bonds is 15. The molecule has 1 spiro atoms. The summed E-state index contributed by atoms with van der Waals surface area (Å²) in [6.07, 6.45) is 5.54. The quantitative estimate of drug-likeness (QED) is 0.295. The predicted octanol–water partition coefficient (Wildman–Crippen LogP) is 4.45. The van der Waals surface area contributed by atoms with Gasteiger partial charge in [-0.05, 0) is 62.8 Å². The van der Waals surface area contributed by atoms with E-state index in [1.165, 1.54) is 0 Å². The second-order valence-electron chi connectivity index (χ2n) is 13.0. The Morgan fingerprint density at radius 1 is 1.16 bits per heavy atom. The Morgan fingerprint density at radius 3 is 2.36 bits per heavy atom. The fourth-order valence-electron chi connectivity index (χ4n) is 7.79. The van der Waals surface area contributed by atoms with E-state index in [0.717, 1.165) is 12.8 Å². The molecule has 1 N–H and O–H groups in total. The average molecular weight is 610 g/mol. The van der Waals surface area contributed by atoms with Gasteiger partial charge >= 0.3 is 0 Å². The summed E-state index contributed by atoms with van der Waals surface area (Å²) in [6, 6.07) is 5.74. The van der Waals surface area contributed by atoms with E-state index in [1.54, 1.807) is 26.9 Å². The third-order valence-corrected chi connectivity index (χ3v) is 10.0. The number of benzene rings is 1. The molecule has 3 amide bonds. The van der Waals surface area contributed by atoms with Gasteiger partial charge in [0.25, 0.3) is 0 Å². The van der Waals surface area contributed by atoms with Gasteiger partial charge in [-0.2, -0.15) is 0 Å². The van der Waals surface area contributed by atoms with Gasteiger partial charge in [0.1, 0.15) is 17.4 Å². The van der Waals surface area contributed by atoms with Crippen LogP contribution in [0.2, 0.25) is 0 Å². The number of amides is 3. The van der Waals surface area contributed by atoms with Crippen LogP contribution in [-0.2, 0) is 19.1 Å². The molecule has 3 heterocycles. The van der Waals surface area contributed by atoms with Crippen LogP contribution in [-0.4, -0.2) is 88.8 Å². The van der Waals surface area contributed by atoms with Gasteiger partial charge in [0.2, 0.25) is 17.7 Å². The molecular formula is C35H51N3O6. The van der Waals surface area contributed by atoms with Crippen LogP contribution < -0.4 is 9.64 Å². The summed E-state index contributed by atoms with van der Waals surface area (Å²) in [5, 5.41) is 10.6. The van der Waals surface area contributed by atoms with Crippen molar-refractivity contribution in [3.8, 4) is 5.75 Å². The molecule has 9 heteroatoms. The molecule has 242 valence electrons. The number of unbranched alkanes of at least 4 members (excludes halogenated alkanes) is 1. The number of anilines is 1. The minimum atomic E-state index is -1.20. The SMILES string of the molecule is C=CCN(CCCC)C(=O)C1N([C@@H](CO)C(C)C)C(=O)[C@@H]2[C@H](C(=O)N(CC=C)c3ccc(OCC)cc3)[C@@]3(C)OC12CC3C. The molecule has 3 aliphatic heterocycles. The number of nitrogens with zero attached hydrogens (tertiary/aromatic N) is 3. The van der Waals surface area contributed by atoms with Crippen molar-refractivity contribution in [3.63, 3.8) is 0 Å². The first kappa shape index (κ1) is 33.7. The smallest absolute Gasteiger partial charge is 0.248 e. The fraction of sp³-hybridized carbons (Fsp3) is 0.629. The van der Waals surface area contributed by atoms with Gasteiger partial charge in [-0.25, -0.2) is 0 Å². The number of carbonyl (C=O) groups excluding carboxylic acids is 3. The molecule has 2 bridgehead atoms. The van der Waals surface area contributed by atoms with Gasteiger partial charge in [-0.3, -0.25) is 14.4 Å². The lowest BCUT2D eigenvalue weighted by molar-refractivity contribution is -0.156. The molecule has 44 heavy (non-hydrogen) atoms. The molecule has 3 fully saturated rings. The summed E-state index contributed by atoms with van der Waals surface area (Å²) in [5.74, 6) is -1.99. The fourth-order valence-corrected chi connectivity index (χ4v) is 7.79. The summed E-state index contributed by atoms with van der Waals surface area (Å²) < 4.78 is 12.6.